The highest BCUT2D eigenvalue weighted by Gasteiger charge is 2.27. The van der Waals surface area contributed by atoms with Gasteiger partial charge in [0.25, 0.3) is 5.91 Å². The number of amides is 1. The molecule has 1 aromatic carbocycles. The summed E-state index contributed by atoms with van der Waals surface area (Å²) in [7, 11) is 1.87. The maximum Gasteiger partial charge on any atom is 0.256 e. The molecule has 1 heterocycles. The molecule has 0 aliphatic heterocycles. The maximum atomic E-state index is 12.5. The lowest BCUT2D eigenvalue weighted by Crippen LogP contribution is -2.44. The molecule has 2 aromatic rings. The van der Waals surface area contributed by atoms with E-state index < -0.39 is 0 Å². The number of aromatic nitrogens is 1. The van der Waals surface area contributed by atoms with E-state index in [2.05, 4.69) is 25.8 Å². The molecule has 0 spiro atoms. The minimum absolute atomic E-state index is 0.0688. The van der Waals surface area contributed by atoms with Crippen LogP contribution in [0.3, 0.4) is 0 Å². The van der Waals surface area contributed by atoms with Crippen molar-refractivity contribution in [2.45, 2.75) is 32.7 Å². The Bertz CT molecular complexity index is 569. The molecule has 0 saturated heterocycles. The van der Waals surface area contributed by atoms with E-state index in [9.17, 15) is 4.79 Å². The van der Waals surface area contributed by atoms with Crippen LogP contribution in [0.25, 0.3) is 10.9 Å². The largest absolute Gasteiger partial charge is 0.360 e. The Morgan fingerprint density at radius 2 is 2.00 bits per heavy atom. The van der Waals surface area contributed by atoms with Crippen LogP contribution in [-0.4, -0.2) is 28.4 Å². The van der Waals surface area contributed by atoms with E-state index in [1.54, 1.807) is 6.20 Å². The Kier molecular flexibility index (Phi) is 3.16. The predicted molar refractivity (Wildman–Crippen MR) is 74.8 cm³/mol. The fourth-order valence-electron chi connectivity index (χ4n) is 1.94. The fourth-order valence-corrected chi connectivity index (χ4v) is 1.94. The molecule has 18 heavy (non-hydrogen) atoms. The SMILES string of the molecule is CCC(C)(C)N(C)C(=O)c1c[nH]c2ccccc12. The van der Waals surface area contributed by atoms with Gasteiger partial charge >= 0.3 is 0 Å². The summed E-state index contributed by atoms with van der Waals surface area (Å²) in [5.41, 5.74) is 1.62. The highest BCUT2D eigenvalue weighted by Crippen LogP contribution is 2.23. The maximum absolute atomic E-state index is 12.5. The summed E-state index contributed by atoms with van der Waals surface area (Å²) < 4.78 is 0. The number of rotatable bonds is 3. The quantitative estimate of drug-likeness (QED) is 0.882. The van der Waals surface area contributed by atoms with Crippen LogP contribution in [0.2, 0.25) is 0 Å². The lowest BCUT2D eigenvalue weighted by atomic mass is 9.99. The summed E-state index contributed by atoms with van der Waals surface area (Å²) in [6.07, 6.45) is 2.73. The molecular formula is C15H20N2O. The minimum Gasteiger partial charge on any atom is -0.360 e. The fraction of sp³-hybridized carbons (Fsp3) is 0.400. The highest BCUT2D eigenvalue weighted by atomic mass is 16.2. The molecule has 1 aromatic heterocycles. The molecule has 1 amide bonds. The Morgan fingerprint density at radius 3 is 2.67 bits per heavy atom. The third-order valence-corrected chi connectivity index (χ3v) is 3.90. The van der Waals surface area contributed by atoms with E-state index in [-0.39, 0.29) is 11.4 Å². The average Bonchev–Trinajstić information content (AvgIpc) is 2.80. The van der Waals surface area contributed by atoms with Crippen LogP contribution in [0.1, 0.15) is 37.6 Å². The van der Waals surface area contributed by atoms with Gasteiger partial charge in [0.05, 0.1) is 5.56 Å². The number of benzene rings is 1. The number of nitrogens with one attached hydrogen (secondary N) is 1. The van der Waals surface area contributed by atoms with Crippen LogP contribution in [0.15, 0.2) is 30.5 Å². The molecule has 0 aliphatic rings. The number of hydrogen-bond donors (Lipinski definition) is 1. The topological polar surface area (TPSA) is 36.1 Å². The standard InChI is InChI=1S/C15H20N2O/c1-5-15(2,3)17(4)14(18)12-10-16-13-9-7-6-8-11(12)13/h6-10,16H,5H2,1-4H3. The minimum atomic E-state index is -0.130. The van der Waals surface area contributed by atoms with Crippen molar-refractivity contribution < 1.29 is 4.79 Å². The summed E-state index contributed by atoms with van der Waals surface area (Å²) >= 11 is 0. The van der Waals surface area contributed by atoms with E-state index in [0.29, 0.717) is 0 Å². The van der Waals surface area contributed by atoms with Crippen molar-refractivity contribution in [1.82, 2.24) is 9.88 Å². The Morgan fingerprint density at radius 1 is 1.33 bits per heavy atom. The first-order chi connectivity index (χ1) is 8.47. The van der Waals surface area contributed by atoms with E-state index in [1.165, 1.54) is 0 Å². The van der Waals surface area contributed by atoms with Crippen molar-refractivity contribution in [1.29, 1.82) is 0 Å². The molecule has 0 saturated carbocycles. The van der Waals surface area contributed by atoms with Gasteiger partial charge in [-0.1, -0.05) is 25.1 Å². The second-order valence-corrected chi connectivity index (χ2v) is 5.28. The second-order valence-electron chi connectivity index (χ2n) is 5.28. The van der Waals surface area contributed by atoms with Crippen LogP contribution >= 0.6 is 0 Å². The lowest BCUT2D eigenvalue weighted by Gasteiger charge is -2.34. The lowest BCUT2D eigenvalue weighted by molar-refractivity contribution is 0.0622. The molecule has 0 radical (unpaired) electrons. The molecule has 3 heteroatoms. The normalized spacial score (nSPS) is 11.8. The van der Waals surface area contributed by atoms with Gasteiger partial charge in [0.2, 0.25) is 0 Å². The zero-order valence-corrected chi connectivity index (χ0v) is 11.4. The number of H-pyrrole nitrogens is 1. The van der Waals surface area contributed by atoms with E-state index in [1.807, 2.05) is 36.2 Å². The second kappa shape index (κ2) is 4.48. The van der Waals surface area contributed by atoms with Gasteiger partial charge in [-0.3, -0.25) is 4.79 Å². The predicted octanol–water partition coefficient (Wildman–Crippen LogP) is 3.43. The van der Waals surface area contributed by atoms with Crippen molar-refractivity contribution in [3.63, 3.8) is 0 Å². The molecule has 3 nitrogen and oxygen atoms in total. The smallest absolute Gasteiger partial charge is 0.256 e. The molecule has 0 fully saturated rings. The van der Waals surface area contributed by atoms with Gasteiger partial charge in [-0.05, 0) is 26.3 Å². The third kappa shape index (κ3) is 2.01. The number of carbonyl (C=O) groups is 1. The number of fused-ring (bicyclic) bond motifs is 1. The van der Waals surface area contributed by atoms with Gasteiger partial charge < -0.3 is 9.88 Å². The first kappa shape index (κ1) is 12.7. The number of nitrogens with zero attached hydrogens (tertiary/aromatic N) is 1. The number of carbonyl (C=O) groups excluding carboxylic acids is 1. The number of hydrogen-bond acceptors (Lipinski definition) is 1. The number of para-hydroxylation sites is 1. The number of aromatic amines is 1. The summed E-state index contributed by atoms with van der Waals surface area (Å²) in [4.78, 5) is 17.5. The first-order valence-corrected chi connectivity index (χ1v) is 6.31. The van der Waals surface area contributed by atoms with Gasteiger partial charge in [-0.15, -0.1) is 0 Å². The Hall–Kier alpha value is -1.77. The molecule has 0 aliphatic carbocycles. The van der Waals surface area contributed by atoms with Gasteiger partial charge in [0.15, 0.2) is 0 Å². The molecule has 96 valence electrons. The van der Waals surface area contributed by atoms with Gasteiger partial charge in [0, 0.05) is 29.7 Å². The van der Waals surface area contributed by atoms with Crippen molar-refractivity contribution in [3.05, 3.63) is 36.0 Å². The van der Waals surface area contributed by atoms with Gasteiger partial charge in [-0.2, -0.15) is 0 Å². The third-order valence-electron chi connectivity index (χ3n) is 3.90. The van der Waals surface area contributed by atoms with Gasteiger partial charge in [-0.25, -0.2) is 0 Å². The van der Waals surface area contributed by atoms with E-state index >= 15 is 0 Å². The molecular weight excluding hydrogens is 224 g/mol. The van der Waals surface area contributed by atoms with Crippen LogP contribution in [-0.2, 0) is 0 Å². The van der Waals surface area contributed by atoms with Crippen molar-refractivity contribution in [3.8, 4) is 0 Å². The summed E-state index contributed by atoms with van der Waals surface area (Å²) in [6, 6.07) is 7.88. The van der Waals surface area contributed by atoms with Crippen LogP contribution < -0.4 is 0 Å². The van der Waals surface area contributed by atoms with Crippen molar-refractivity contribution in [2.24, 2.45) is 0 Å². The first-order valence-electron chi connectivity index (χ1n) is 6.31. The Balaban J connectivity index is 2.40. The van der Waals surface area contributed by atoms with Crippen molar-refractivity contribution >= 4 is 16.8 Å². The zero-order valence-electron chi connectivity index (χ0n) is 11.4. The molecule has 0 atom stereocenters. The van der Waals surface area contributed by atoms with Crippen LogP contribution in [0.4, 0.5) is 0 Å². The van der Waals surface area contributed by atoms with Crippen LogP contribution in [0, 0.1) is 0 Å². The highest BCUT2D eigenvalue weighted by molar-refractivity contribution is 6.06. The van der Waals surface area contributed by atoms with Crippen molar-refractivity contribution in [2.75, 3.05) is 7.05 Å². The zero-order chi connectivity index (χ0) is 13.3. The summed E-state index contributed by atoms with van der Waals surface area (Å²) in [6.45, 7) is 6.26. The summed E-state index contributed by atoms with van der Waals surface area (Å²) in [5, 5.41) is 0.987. The van der Waals surface area contributed by atoms with Gasteiger partial charge in [0.1, 0.15) is 0 Å². The molecule has 1 N–H and O–H groups in total. The summed E-state index contributed by atoms with van der Waals surface area (Å²) in [5.74, 6) is 0.0688. The molecule has 0 unspecified atom stereocenters. The van der Waals surface area contributed by atoms with Crippen LogP contribution in [0.5, 0.6) is 0 Å². The molecule has 0 bridgehead atoms. The molecule has 2 rings (SSSR count). The monoisotopic (exact) mass is 244 g/mol. The van der Waals surface area contributed by atoms with E-state index in [0.717, 1.165) is 22.9 Å². The Labute approximate surface area is 108 Å². The van der Waals surface area contributed by atoms with E-state index in [4.69, 9.17) is 0 Å². The average molecular weight is 244 g/mol.